The molecule has 88 valence electrons. The first kappa shape index (κ1) is 11.6. The number of benzene rings is 1. The molecule has 0 aliphatic rings. The van der Waals surface area contributed by atoms with Crippen molar-refractivity contribution in [2.45, 2.75) is 6.54 Å². The molecule has 1 heterocycles. The van der Waals surface area contributed by atoms with Gasteiger partial charge < -0.3 is 5.73 Å². The molecule has 0 saturated heterocycles. The van der Waals surface area contributed by atoms with Gasteiger partial charge in [0, 0.05) is 17.3 Å². The lowest BCUT2D eigenvalue weighted by Crippen LogP contribution is -2.12. The van der Waals surface area contributed by atoms with Crippen molar-refractivity contribution < 1.29 is 4.39 Å². The molecular weight excluding hydrogens is 243 g/mol. The Kier molecular flexibility index (Phi) is 3.10. The Balaban J connectivity index is 2.25. The minimum Gasteiger partial charge on any atom is -0.384 e. The maximum absolute atomic E-state index is 13.7. The van der Waals surface area contributed by atoms with Gasteiger partial charge in [0.15, 0.2) is 0 Å². The topological polar surface area (TPSA) is 67.7 Å². The van der Waals surface area contributed by atoms with Gasteiger partial charge in [-0.05, 0) is 6.07 Å². The molecule has 3 N–H and O–H groups in total. The number of hydrogen-bond donors (Lipinski definition) is 2. The van der Waals surface area contributed by atoms with Gasteiger partial charge in [0.1, 0.15) is 11.7 Å². The first-order valence-corrected chi connectivity index (χ1v) is 5.25. The quantitative estimate of drug-likeness (QED) is 0.648. The summed E-state index contributed by atoms with van der Waals surface area (Å²) in [7, 11) is 0. The molecule has 0 bridgehead atoms. The Hall–Kier alpha value is -1.88. The SMILES string of the molecule is N=C(N)c1ccc(Cn2cc(Cl)cn2)c(F)c1. The lowest BCUT2D eigenvalue weighted by atomic mass is 10.1. The van der Waals surface area contributed by atoms with Gasteiger partial charge in [0.05, 0.1) is 17.8 Å². The van der Waals surface area contributed by atoms with E-state index in [4.69, 9.17) is 22.7 Å². The average Bonchev–Trinajstić information content (AvgIpc) is 2.67. The summed E-state index contributed by atoms with van der Waals surface area (Å²) in [6.45, 7) is 0.288. The molecule has 0 saturated carbocycles. The fraction of sp³-hybridized carbons (Fsp3) is 0.0909. The Morgan fingerprint density at radius 1 is 1.53 bits per heavy atom. The van der Waals surface area contributed by atoms with Gasteiger partial charge in [-0.25, -0.2) is 4.39 Å². The highest BCUT2D eigenvalue weighted by Crippen LogP contribution is 2.13. The van der Waals surface area contributed by atoms with Crippen molar-refractivity contribution in [2.75, 3.05) is 0 Å². The smallest absolute Gasteiger partial charge is 0.129 e. The summed E-state index contributed by atoms with van der Waals surface area (Å²) in [6.07, 6.45) is 3.10. The number of aromatic nitrogens is 2. The summed E-state index contributed by atoms with van der Waals surface area (Å²) < 4.78 is 15.2. The van der Waals surface area contributed by atoms with Gasteiger partial charge in [-0.1, -0.05) is 23.7 Å². The van der Waals surface area contributed by atoms with Crippen molar-refractivity contribution >= 4 is 17.4 Å². The number of halogens is 2. The second kappa shape index (κ2) is 4.55. The van der Waals surface area contributed by atoms with E-state index in [1.165, 1.54) is 16.9 Å². The van der Waals surface area contributed by atoms with Crippen LogP contribution in [0.2, 0.25) is 5.02 Å². The molecule has 0 radical (unpaired) electrons. The average molecular weight is 253 g/mol. The van der Waals surface area contributed by atoms with Crippen LogP contribution in [0.25, 0.3) is 0 Å². The first-order chi connectivity index (χ1) is 8.06. The summed E-state index contributed by atoms with van der Waals surface area (Å²) >= 11 is 5.71. The minimum atomic E-state index is -0.413. The van der Waals surface area contributed by atoms with Crippen LogP contribution in [0.15, 0.2) is 30.6 Å². The van der Waals surface area contributed by atoms with E-state index < -0.39 is 5.82 Å². The summed E-state index contributed by atoms with van der Waals surface area (Å²) in [4.78, 5) is 0. The van der Waals surface area contributed by atoms with Crippen LogP contribution < -0.4 is 5.73 Å². The standard InChI is InChI=1S/C11H10ClFN4/c12-9-4-16-17(6-9)5-8-2-1-7(11(14)15)3-10(8)13/h1-4,6H,5H2,(H3,14,15). The zero-order chi connectivity index (χ0) is 12.4. The summed E-state index contributed by atoms with van der Waals surface area (Å²) in [6, 6.07) is 4.43. The van der Waals surface area contributed by atoms with E-state index in [9.17, 15) is 4.39 Å². The highest BCUT2D eigenvalue weighted by molar-refractivity contribution is 6.30. The number of nitrogens with one attached hydrogen (secondary N) is 1. The van der Waals surface area contributed by atoms with E-state index in [2.05, 4.69) is 5.10 Å². The predicted octanol–water partition coefficient (Wildman–Crippen LogP) is 2.01. The van der Waals surface area contributed by atoms with Gasteiger partial charge in [-0.3, -0.25) is 10.1 Å². The fourth-order valence-corrected chi connectivity index (χ4v) is 1.60. The largest absolute Gasteiger partial charge is 0.384 e. The molecule has 0 spiro atoms. The van der Waals surface area contributed by atoms with Crippen molar-refractivity contribution in [1.29, 1.82) is 5.41 Å². The number of nitrogen functional groups attached to an aromatic ring is 1. The molecule has 0 unspecified atom stereocenters. The van der Waals surface area contributed by atoms with E-state index in [0.29, 0.717) is 16.1 Å². The van der Waals surface area contributed by atoms with Crippen LogP contribution in [-0.4, -0.2) is 15.6 Å². The van der Waals surface area contributed by atoms with Crippen LogP contribution in [0.3, 0.4) is 0 Å². The second-order valence-electron chi connectivity index (χ2n) is 3.58. The van der Waals surface area contributed by atoms with Crippen LogP contribution in [0.4, 0.5) is 4.39 Å². The molecule has 4 nitrogen and oxygen atoms in total. The van der Waals surface area contributed by atoms with Gasteiger partial charge in [-0.2, -0.15) is 5.10 Å². The number of nitrogens with zero attached hydrogens (tertiary/aromatic N) is 2. The number of hydrogen-bond acceptors (Lipinski definition) is 2. The number of nitrogens with two attached hydrogens (primary N) is 1. The Bertz CT molecular complexity index is 564. The minimum absolute atomic E-state index is 0.155. The van der Waals surface area contributed by atoms with Crippen molar-refractivity contribution in [2.24, 2.45) is 5.73 Å². The third-order valence-electron chi connectivity index (χ3n) is 2.30. The number of rotatable bonds is 3. The summed E-state index contributed by atoms with van der Waals surface area (Å²) in [5.74, 6) is -0.568. The zero-order valence-electron chi connectivity index (χ0n) is 8.82. The van der Waals surface area contributed by atoms with Crippen molar-refractivity contribution in [1.82, 2.24) is 9.78 Å². The van der Waals surface area contributed by atoms with Gasteiger partial charge in [0.25, 0.3) is 0 Å². The third kappa shape index (κ3) is 2.62. The van der Waals surface area contributed by atoms with E-state index in [0.717, 1.165) is 0 Å². The maximum Gasteiger partial charge on any atom is 0.129 e. The molecule has 0 aliphatic carbocycles. The van der Waals surface area contributed by atoms with Gasteiger partial charge in [0.2, 0.25) is 0 Å². The van der Waals surface area contributed by atoms with Crippen molar-refractivity contribution in [3.05, 3.63) is 52.6 Å². The van der Waals surface area contributed by atoms with Crippen molar-refractivity contribution in [3.63, 3.8) is 0 Å². The van der Waals surface area contributed by atoms with Crippen molar-refractivity contribution in [3.8, 4) is 0 Å². The predicted molar refractivity (Wildman–Crippen MR) is 63.8 cm³/mol. The molecular formula is C11H10ClFN4. The van der Waals surface area contributed by atoms with E-state index in [-0.39, 0.29) is 12.4 Å². The lowest BCUT2D eigenvalue weighted by molar-refractivity contribution is 0.585. The van der Waals surface area contributed by atoms with Crippen LogP contribution in [0.1, 0.15) is 11.1 Å². The molecule has 2 rings (SSSR count). The van der Waals surface area contributed by atoms with Gasteiger partial charge in [-0.15, -0.1) is 0 Å². The monoisotopic (exact) mass is 252 g/mol. The molecule has 0 aliphatic heterocycles. The summed E-state index contributed by atoms with van der Waals surface area (Å²) in [5, 5.41) is 11.7. The normalized spacial score (nSPS) is 10.5. The fourth-order valence-electron chi connectivity index (χ4n) is 1.44. The Morgan fingerprint density at radius 2 is 2.29 bits per heavy atom. The molecule has 17 heavy (non-hydrogen) atoms. The summed E-state index contributed by atoms with van der Waals surface area (Å²) in [5.41, 5.74) is 6.10. The lowest BCUT2D eigenvalue weighted by Gasteiger charge is -2.05. The van der Waals surface area contributed by atoms with E-state index >= 15 is 0 Å². The molecule has 0 amide bonds. The first-order valence-electron chi connectivity index (χ1n) is 4.87. The Labute approximate surface area is 102 Å². The molecule has 1 aromatic heterocycles. The molecule has 1 aromatic carbocycles. The van der Waals surface area contributed by atoms with Gasteiger partial charge >= 0.3 is 0 Å². The molecule has 2 aromatic rings. The molecule has 0 atom stereocenters. The van der Waals surface area contributed by atoms with Crippen LogP contribution in [0.5, 0.6) is 0 Å². The van der Waals surface area contributed by atoms with Crippen LogP contribution >= 0.6 is 11.6 Å². The highest BCUT2D eigenvalue weighted by Gasteiger charge is 2.06. The molecule has 6 heteroatoms. The zero-order valence-corrected chi connectivity index (χ0v) is 9.58. The van der Waals surface area contributed by atoms with Crippen LogP contribution in [0, 0.1) is 11.2 Å². The number of amidine groups is 1. The van der Waals surface area contributed by atoms with Crippen LogP contribution in [-0.2, 0) is 6.54 Å². The Morgan fingerprint density at radius 3 is 2.82 bits per heavy atom. The molecule has 0 fully saturated rings. The maximum atomic E-state index is 13.7. The second-order valence-corrected chi connectivity index (χ2v) is 4.01. The van der Waals surface area contributed by atoms with E-state index in [1.54, 1.807) is 18.3 Å². The highest BCUT2D eigenvalue weighted by atomic mass is 35.5. The van der Waals surface area contributed by atoms with E-state index in [1.807, 2.05) is 0 Å². The third-order valence-corrected chi connectivity index (χ3v) is 2.49.